The Morgan fingerprint density at radius 2 is 1.88 bits per heavy atom. The van der Waals surface area contributed by atoms with E-state index < -0.39 is 0 Å². The molecule has 1 saturated heterocycles. The Morgan fingerprint density at radius 3 is 2.61 bits per heavy atom. The van der Waals surface area contributed by atoms with Gasteiger partial charge in [0.25, 0.3) is 0 Å². The molecule has 0 spiro atoms. The zero-order chi connectivity index (χ0) is 22.8. The van der Waals surface area contributed by atoms with E-state index in [1.165, 1.54) is 11.1 Å². The highest BCUT2D eigenvalue weighted by Gasteiger charge is 2.27. The molecule has 2 aromatic carbocycles. The Balaban J connectivity index is 1.22. The number of aromatic nitrogens is 3. The number of anilines is 1. The quantitative estimate of drug-likeness (QED) is 0.447. The van der Waals surface area contributed by atoms with Crippen molar-refractivity contribution in [2.24, 2.45) is 5.92 Å². The van der Waals surface area contributed by atoms with Gasteiger partial charge in [-0.2, -0.15) is 0 Å². The van der Waals surface area contributed by atoms with Gasteiger partial charge in [-0.1, -0.05) is 72.4 Å². The predicted octanol–water partition coefficient (Wildman–Crippen LogP) is 4.86. The van der Waals surface area contributed by atoms with Crippen molar-refractivity contribution in [1.29, 1.82) is 0 Å². The molecule has 0 saturated carbocycles. The second-order valence-electron chi connectivity index (χ2n) is 8.78. The summed E-state index contributed by atoms with van der Waals surface area (Å²) in [6.45, 7) is 6.42. The summed E-state index contributed by atoms with van der Waals surface area (Å²) in [5.74, 6) is 0.107. The average molecular weight is 460 g/mol. The number of amides is 1. The number of rotatable bonds is 6. The van der Waals surface area contributed by atoms with E-state index in [9.17, 15) is 4.79 Å². The van der Waals surface area contributed by atoms with Gasteiger partial charge >= 0.3 is 0 Å². The normalized spacial score (nSPS) is 16.3. The van der Waals surface area contributed by atoms with Crippen LogP contribution in [0.25, 0.3) is 16.2 Å². The molecular weight excluding hydrogens is 430 g/mol. The maximum atomic E-state index is 12.8. The Labute approximate surface area is 198 Å². The molecular formula is C26H29N5OS. The van der Waals surface area contributed by atoms with Crippen LogP contribution in [-0.4, -0.2) is 33.6 Å². The van der Waals surface area contributed by atoms with Gasteiger partial charge < -0.3 is 10.2 Å². The molecule has 2 aromatic heterocycles. The number of imidazole rings is 1. The number of aryl methyl sites for hydroxylation is 2. The Bertz CT molecular complexity index is 1210. The Morgan fingerprint density at radius 1 is 1.12 bits per heavy atom. The second kappa shape index (κ2) is 9.35. The number of carbonyl (C=O) groups excluding carboxylic acids is 1. The topological polar surface area (TPSA) is 62.5 Å². The highest BCUT2D eigenvalue weighted by atomic mass is 32.1. The van der Waals surface area contributed by atoms with Crippen LogP contribution in [0.15, 0.2) is 54.7 Å². The molecule has 4 aromatic rings. The van der Waals surface area contributed by atoms with Gasteiger partial charge in [0.05, 0.1) is 17.8 Å². The lowest BCUT2D eigenvalue weighted by molar-refractivity contribution is -0.125. The maximum Gasteiger partial charge on any atom is 0.225 e. The molecule has 33 heavy (non-hydrogen) atoms. The number of piperidine rings is 1. The third-order valence-corrected chi connectivity index (χ3v) is 7.32. The molecule has 0 unspecified atom stereocenters. The number of carbonyl (C=O) groups is 1. The van der Waals surface area contributed by atoms with Gasteiger partial charge in [-0.05, 0) is 37.3 Å². The van der Waals surface area contributed by atoms with Gasteiger partial charge in [-0.3, -0.25) is 4.79 Å². The minimum atomic E-state index is -0.0204. The Kier molecular flexibility index (Phi) is 6.13. The largest absolute Gasteiger partial charge is 0.352 e. The van der Waals surface area contributed by atoms with E-state index in [0.717, 1.165) is 52.7 Å². The molecule has 0 radical (unpaired) electrons. The monoisotopic (exact) mass is 459 g/mol. The lowest BCUT2D eigenvalue weighted by Crippen LogP contribution is -2.43. The maximum absolute atomic E-state index is 12.8. The lowest BCUT2D eigenvalue weighted by atomic mass is 9.97. The van der Waals surface area contributed by atoms with Gasteiger partial charge in [0.1, 0.15) is 0 Å². The van der Waals surface area contributed by atoms with Crippen molar-refractivity contribution in [3.63, 3.8) is 0 Å². The third-order valence-electron chi connectivity index (χ3n) is 6.34. The third kappa shape index (κ3) is 4.78. The molecule has 1 amide bonds. The number of hydrogen-bond acceptors (Lipinski definition) is 5. The zero-order valence-electron chi connectivity index (χ0n) is 19.1. The number of fused-ring (bicyclic) bond motifs is 1. The summed E-state index contributed by atoms with van der Waals surface area (Å²) in [5.41, 5.74) is 5.72. The van der Waals surface area contributed by atoms with Crippen molar-refractivity contribution >= 4 is 27.3 Å². The smallest absolute Gasteiger partial charge is 0.225 e. The van der Waals surface area contributed by atoms with Gasteiger partial charge in [-0.15, -0.1) is 5.10 Å². The lowest BCUT2D eigenvalue weighted by Gasteiger charge is -2.31. The van der Waals surface area contributed by atoms with E-state index in [1.54, 1.807) is 11.3 Å². The van der Waals surface area contributed by atoms with Crippen LogP contribution in [0.1, 0.15) is 36.5 Å². The summed E-state index contributed by atoms with van der Waals surface area (Å²) < 4.78 is 1.86. The second-order valence-corrected chi connectivity index (χ2v) is 9.71. The molecule has 170 valence electrons. The van der Waals surface area contributed by atoms with Gasteiger partial charge in [0.15, 0.2) is 0 Å². The highest BCUT2D eigenvalue weighted by molar-refractivity contribution is 7.20. The summed E-state index contributed by atoms with van der Waals surface area (Å²) in [6, 6.07) is 16.8. The first-order valence-electron chi connectivity index (χ1n) is 11.6. The van der Waals surface area contributed by atoms with Crippen LogP contribution in [0.4, 0.5) is 5.13 Å². The summed E-state index contributed by atoms with van der Waals surface area (Å²) in [5, 5.41) is 8.83. The van der Waals surface area contributed by atoms with Crippen molar-refractivity contribution < 1.29 is 4.79 Å². The van der Waals surface area contributed by atoms with Crippen molar-refractivity contribution in [1.82, 2.24) is 19.9 Å². The minimum absolute atomic E-state index is 0.0204. The van der Waals surface area contributed by atoms with Crippen molar-refractivity contribution in [2.45, 2.75) is 39.7 Å². The molecule has 5 rings (SSSR count). The van der Waals surface area contributed by atoms with E-state index in [-0.39, 0.29) is 11.8 Å². The first-order chi connectivity index (χ1) is 16.1. The molecule has 0 bridgehead atoms. The molecule has 7 heteroatoms. The van der Waals surface area contributed by atoms with Crippen LogP contribution in [0.5, 0.6) is 0 Å². The van der Waals surface area contributed by atoms with Gasteiger partial charge in [0, 0.05) is 25.2 Å². The molecule has 1 aliphatic rings. The summed E-state index contributed by atoms with van der Waals surface area (Å²) >= 11 is 1.58. The molecule has 0 aliphatic carbocycles. The van der Waals surface area contributed by atoms with Crippen LogP contribution in [0.3, 0.4) is 0 Å². The molecule has 3 heterocycles. The fourth-order valence-corrected chi connectivity index (χ4v) is 5.19. The molecule has 6 nitrogen and oxygen atoms in total. The van der Waals surface area contributed by atoms with Crippen molar-refractivity contribution in [3.05, 3.63) is 71.4 Å². The van der Waals surface area contributed by atoms with Crippen molar-refractivity contribution in [3.8, 4) is 11.3 Å². The Hall–Kier alpha value is -3.19. The minimum Gasteiger partial charge on any atom is -0.352 e. The number of nitrogens with zero attached hydrogens (tertiary/aromatic N) is 4. The predicted molar refractivity (Wildman–Crippen MR) is 134 cm³/mol. The summed E-state index contributed by atoms with van der Waals surface area (Å²) in [4.78, 5) is 20.7. The fraction of sp³-hybridized carbons (Fsp3) is 0.346. The zero-order valence-corrected chi connectivity index (χ0v) is 19.9. The van der Waals surface area contributed by atoms with Crippen LogP contribution in [0.2, 0.25) is 0 Å². The molecule has 1 atom stereocenters. The van der Waals surface area contributed by atoms with Gasteiger partial charge in [0.2, 0.25) is 16.0 Å². The summed E-state index contributed by atoms with van der Waals surface area (Å²) in [7, 11) is 0. The first kappa shape index (κ1) is 21.6. The summed E-state index contributed by atoms with van der Waals surface area (Å²) in [6.07, 6.45) is 4.91. The van der Waals surface area contributed by atoms with E-state index in [1.807, 2.05) is 10.7 Å². The van der Waals surface area contributed by atoms with Crippen LogP contribution >= 0.6 is 11.3 Å². The van der Waals surface area contributed by atoms with E-state index >= 15 is 0 Å². The van der Waals surface area contributed by atoms with E-state index in [2.05, 4.69) is 72.6 Å². The van der Waals surface area contributed by atoms with Crippen molar-refractivity contribution in [2.75, 3.05) is 18.0 Å². The standard InChI is InChI=1S/C26H29N5OS/c1-3-19-8-10-20(11-9-19)15-27-24(32)22-5-4-14-30(16-22)26-29-31-17-23(28-25(31)33-26)21-12-6-18(2)7-13-21/h6-13,17,22H,3-5,14-16H2,1-2H3,(H,27,32)/t22-/m0/s1. The van der Waals surface area contributed by atoms with Crippen LogP contribution in [-0.2, 0) is 17.8 Å². The first-order valence-corrected chi connectivity index (χ1v) is 12.4. The molecule has 1 N–H and O–H groups in total. The molecule has 1 aliphatic heterocycles. The van der Waals surface area contributed by atoms with E-state index in [4.69, 9.17) is 10.1 Å². The number of nitrogens with one attached hydrogen (secondary N) is 1. The average Bonchev–Trinajstić information content (AvgIpc) is 3.43. The van der Waals surface area contributed by atoms with Gasteiger partial charge in [-0.25, -0.2) is 9.50 Å². The number of hydrogen-bond donors (Lipinski definition) is 1. The van der Waals surface area contributed by atoms with Crippen LogP contribution in [0, 0.1) is 12.8 Å². The van der Waals surface area contributed by atoms with Crippen LogP contribution < -0.4 is 10.2 Å². The fourth-order valence-electron chi connectivity index (χ4n) is 4.27. The SMILES string of the molecule is CCc1ccc(CNC(=O)[C@H]2CCCN(c3nn4cc(-c5ccc(C)cc5)nc4s3)C2)cc1. The highest BCUT2D eigenvalue weighted by Crippen LogP contribution is 2.30. The molecule has 1 fully saturated rings. The number of benzene rings is 2. The van der Waals surface area contributed by atoms with E-state index in [0.29, 0.717) is 13.1 Å².